The molecule has 3 aromatic rings. The topological polar surface area (TPSA) is 79.2 Å². The maximum absolute atomic E-state index is 4.60. The van der Waals surface area contributed by atoms with Gasteiger partial charge in [0.1, 0.15) is 5.82 Å². The molecule has 0 atom stereocenters. The van der Waals surface area contributed by atoms with E-state index >= 15 is 0 Å². The largest absolute Gasteiger partial charge is 0.368 e. The molecular formula is C18H24IN7. The van der Waals surface area contributed by atoms with Crippen LogP contribution >= 0.6 is 24.0 Å². The van der Waals surface area contributed by atoms with Crippen molar-refractivity contribution < 1.29 is 0 Å². The highest BCUT2D eigenvalue weighted by Gasteiger charge is 2.01. The summed E-state index contributed by atoms with van der Waals surface area (Å²) in [4.78, 5) is 8.82. The Hall–Kier alpha value is -2.36. The Kier molecular flexibility index (Phi) is 7.64. The molecule has 0 bridgehead atoms. The van der Waals surface area contributed by atoms with Gasteiger partial charge in [-0.25, -0.2) is 4.98 Å². The summed E-state index contributed by atoms with van der Waals surface area (Å²) in [6, 6.07) is 14.1. The molecule has 0 fully saturated rings. The Morgan fingerprint density at radius 1 is 1.08 bits per heavy atom. The van der Waals surface area contributed by atoms with Gasteiger partial charge in [0.2, 0.25) is 0 Å². The van der Waals surface area contributed by atoms with E-state index in [2.05, 4.69) is 43.2 Å². The van der Waals surface area contributed by atoms with E-state index in [9.17, 15) is 0 Å². The van der Waals surface area contributed by atoms with Gasteiger partial charge in [-0.15, -0.1) is 24.0 Å². The molecule has 2 aromatic heterocycles. The summed E-state index contributed by atoms with van der Waals surface area (Å²) >= 11 is 0. The van der Waals surface area contributed by atoms with Crippen LogP contribution in [0.4, 0.5) is 5.82 Å². The van der Waals surface area contributed by atoms with Gasteiger partial charge in [0.25, 0.3) is 0 Å². The molecule has 8 heteroatoms. The van der Waals surface area contributed by atoms with E-state index in [0.717, 1.165) is 41.5 Å². The monoisotopic (exact) mass is 465 g/mol. The van der Waals surface area contributed by atoms with Crippen LogP contribution in [0.2, 0.25) is 0 Å². The molecule has 0 spiro atoms. The summed E-state index contributed by atoms with van der Waals surface area (Å²) in [5.74, 6) is 1.63. The van der Waals surface area contributed by atoms with Gasteiger partial charge in [-0.05, 0) is 24.3 Å². The molecule has 2 heterocycles. The fourth-order valence-electron chi connectivity index (χ4n) is 2.51. The first-order valence-electron chi connectivity index (χ1n) is 8.27. The van der Waals surface area contributed by atoms with Gasteiger partial charge >= 0.3 is 0 Å². The second kappa shape index (κ2) is 9.95. The quantitative estimate of drug-likeness (QED) is 0.226. The van der Waals surface area contributed by atoms with E-state index in [1.807, 2.05) is 42.1 Å². The van der Waals surface area contributed by atoms with Crippen LogP contribution in [0.25, 0.3) is 10.9 Å². The van der Waals surface area contributed by atoms with Crippen LogP contribution < -0.4 is 16.0 Å². The second-order valence-corrected chi connectivity index (χ2v) is 5.61. The number of fused-ring (bicyclic) bond motifs is 1. The normalized spacial score (nSPS) is 11.1. The number of nitrogens with zero attached hydrogens (tertiary/aromatic N) is 4. The van der Waals surface area contributed by atoms with Gasteiger partial charge in [-0.1, -0.05) is 18.2 Å². The lowest BCUT2D eigenvalue weighted by atomic mass is 10.2. The summed E-state index contributed by atoms with van der Waals surface area (Å²) in [6.45, 7) is 2.16. The highest BCUT2D eigenvalue weighted by atomic mass is 127. The number of aromatic nitrogens is 3. The third kappa shape index (κ3) is 5.32. The van der Waals surface area contributed by atoms with Crippen molar-refractivity contribution >= 4 is 46.7 Å². The molecule has 26 heavy (non-hydrogen) atoms. The van der Waals surface area contributed by atoms with Gasteiger partial charge in [-0.2, -0.15) is 5.10 Å². The van der Waals surface area contributed by atoms with E-state index in [1.54, 1.807) is 13.2 Å². The Morgan fingerprint density at radius 3 is 2.69 bits per heavy atom. The lowest BCUT2D eigenvalue weighted by molar-refractivity contribution is 0.685. The number of para-hydroxylation sites is 1. The highest BCUT2D eigenvalue weighted by molar-refractivity contribution is 14.0. The van der Waals surface area contributed by atoms with Crippen LogP contribution in [0, 0.1) is 0 Å². The van der Waals surface area contributed by atoms with Crippen LogP contribution in [0.5, 0.6) is 0 Å². The minimum Gasteiger partial charge on any atom is -0.368 e. The molecule has 138 valence electrons. The van der Waals surface area contributed by atoms with Gasteiger partial charge in [0.15, 0.2) is 5.96 Å². The van der Waals surface area contributed by atoms with Crippen molar-refractivity contribution in [1.82, 2.24) is 25.4 Å². The molecule has 0 unspecified atom stereocenters. The number of anilines is 1. The summed E-state index contributed by atoms with van der Waals surface area (Å²) in [5.41, 5.74) is 2.09. The summed E-state index contributed by atoms with van der Waals surface area (Å²) in [6.07, 6.45) is 1.79. The molecule has 3 rings (SSSR count). The molecule has 0 aliphatic heterocycles. The van der Waals surface area contributed by atoms with E-state index in [1.165, 1.54) is 0 Å². The third-order valence-electron chi connectivity index (χ3n) is 3.90. The van der Waals surface area contributed by atoms with Gasteiger partial charge in [-0.3, -0.25) is 9.67 Å². The van der Waals surface area contributed by atoms with Crippen LogP contribution in [-0.4, -0.2) is 40.9 Å². The highest BCUT2D eigenvalue weighted by Crippen LogP contribution is 2.13. The standard InChI is InChI=1S/C18H23N7.HI/c1-19-18(22-13-15-9-10-23-25(15)2)21-12-11-20-17-8-7-14-5-3-4-6-16(14)24-17;/h3-10H,11-13H2,1-2H3,(H,20,24)(H2,19,21,22);1H. The zero-order valence-electron chi connectivity index (χ0n) is 14.9. The number of guanidine groups is 1. The molecule has 3 N–H and O–H groups in total. The Balaban J connectivity index is 0.00000243. The molecule has 0 saturated heterocycles. The van der Waals surface area contributed by atoms with Gasteiger partial charge < -0.3 is 16.0 Å². The number of nitrogens with one attached hydrogen (secondary N) is 3. The van der Waals surface area contributed by atoms with Crippen LogP contribution in [0.15, 0.2) is 53.7 Å². The van der Waals surface area contributed by atoms with E-state index in [4.69, 9.17) is 0 Å². The molecular weight excluding hydrogens is 441 g/mol. The number of aliphatic imine (C=N–C) groups is 1. The predicted octanol–water partition coefficient (Wildman–Crippen LogP) is 2.36. The Labute approximate surface area is 170 Å². The fourth-order valence-corrected chi connectivity index (χ4v) is 2.51. The van der Waals surface area contributed by atoms with Crippen molar-refractivity contribution in [1.29, 1.82) is 0 Å². The molecule has 0 aliphatic rings. The lowest BCUT2D eigenvalue weighted by Crippen LogP contribution is -2.39. The van der Waals surface area contributed by atoms with Crippen LogP contribution in [-0.2, 0) is 13.6 Å². The number of benzene rings is 1. The van der Waals surface area contributed by atoms with Crippen molar-refractivity contribution in [2.24, 2.45) is 12.0 Å². The van der Waals surface area contributed by atoms with E-state index in [-0.39, 0.29) is 24.0 Å². The van der Waals surface area contributed by atoms with Crippen molar-refractivity contribution in [2.75, 3.05) is 25.5 Å². The molecule has 0 saturated carbocycles. The molecule has 1 aromatic carbocycles. The zero-order chi connectivity index (χ0) is 17.5. The first-order chi connectivity index (χ1) is 12.3. The minimum absolute atomic E-state index is 0. The Bertz CT molecular complexity index is 859. The van der Waals surface area contributed by atoms with Gasteiger partial charge in [0, 0.05) is 38.8 Å². The number of halogens is 1. The lowest BCUT2D eigenvalue weighted by Gasteiger charge is -2.12. The summed E-state index contributed by atoms with van der Waals surface area (Å²) in [5, 5.41) is 15.2. The van der Waals surface area contributed by atoms with Crippen LogP contribution in [0.3, 0.4) is 0 Å². The van der Waals surface area contributed by atoms with E-state index < -0.39 is 0 Å². The van der Waals surface area contributed by atoms with Crippen molar-refractivity contribution in [3.8, 4) is 0 Å². The number of aryl methyl sites for hydroxylation is 1. The molecule has 0 radical (unpaired) electrons. The second-order valence-electron chi connectivity index (χ2n) is 5.61. The number of hydrogen-bond acceptors (Lipinski definition) is 4. The molecule has 0 amide bonds. The summed E-state index contributed by atoms with van der Waals surface area (Å²) in [7, 11) is 3.69. The Morgan fingerprint density at radius 2 is 1.92 bits per heavy atom. The van der Waals surface area contributed by atoms with Crippen molar-refractivity contribution in [3.05, 3.63) is 54.4 Å². The molecule has 7 nitrogen and oxygen atoms in total. The molecule has 0 aliphatic carbocycles. The third-order valence-corrected chi connectivity index (χ3v) is 3.90. The SMILES string of the molecule is CN=C(NCCNc1ccc2ccccc2n1)NCc1ccnn1C.I. The van der Waals surface area contributed by atoms with Crippen molar-refractivity contribution in [3.63, 3.8) is 0 Å². The smallest absolute Gasteiger partial charge is 0.191 e. The zero-order valence-corrected chi connectivity index (χ0v) is 17.3. The predicted molar refractivity (Wildman–Crippen MR) is 117 cm³/mol. The number of rotatable bonds is 6. The maximum atomic E-state index is 4.60. The maximum Gasteiger partial charge on any atom is 0.191 e. The summed E-state index contributed by atoms with van der Waals surface area (Å²) < 4.78 is 1.84. The average molecular weight is 465 g/mol. The fraction of sp³-hybridized carbons (Fsp3) is 0.278. The first-order valence-corrected chi connectivity index (χ1v) is 8.27. The van der Waals surface area contributed by atoms with E-state index in [0.29, 0.717) is 6.54 Å². The van der Waals surface area contributed by atoms with Crippen molar-refractivity contribution in [2.45, 2.75) is 6.54 Å². The first kappa shape index (κ1) is 20.0. The van der Waals surface area contributed by atoms with Crippen LogP contribution in [0.1, 0.15) is 5.69 Å². The number of hydrogen-bond donors (Lipinski definition) is 3. The van der Waals surface area contributed by atoms with Gasteiger partial charge in [0.05, 0.1) is 17.8 Å². The number of pyridine rings is 1. The minimum atomic E-state index is 0. The average Bonchev–Trinajstić information content (AvgIpc) is 3.06.